The van der Waals surface area contributed by atoms with Gasteiger partial charge in [-0.2, -0.15) is 0 Å². The Morgan fingerprint density at radius 1 is 1.03 bits per heavy atom. The van der Waals surface area contributed by atoms with E-state index in [1.807, 2.05) is 13.8 Å². The number of carboxylic acids is 1. The van der Waals surface area contributed by atoms with Crippen molar-refractivity contribution in [3.8, 4) is 17.0 Å². The summed E-state index contributed by atoms with van der Waals surface area (Å²) in [5, 5.41) is 14.1. The van der Waals surface area contributed by atoms with Crippen LogP contribution in [0, 0.1) is 0 Å². The maximum absolute atomic E-state index is 12.7. The van der Waals surface area contributed by atoms with E-state index in [0.717, 1.165) is 0 Å². The molecular weight excluding hydrogens is 575 g/mol. The number of halogens is 3. The van der Waals surface area contributed by atoms with Gasteiger partial charge in [0.1, 0.15) is 23.8 Å². The van der Waals surface area contributed by atoms with Crippen molar-refractivity contribution in [3.05, 3.63) is 92.6 Å². The Hall–Kier alpha value is -3.24. The molecule has 0 aliphatic carbocycles. The Labute approximate surface area is 234 Å². The van der Waals surface area contributed by atoms with Gasteiger partial charge in [0.05, 0.1) is 36.8 Å². The molecule has 0 radical (unpaired) electrons. The molecule has 8 nitrogen and oxygen atoms in total. The highest BCUT2D eigenvalue weighted by atomic mass is 35.5. The lowest BCUT2D eigenvalue weighted by molar-refractivity contribution is 0.0696. The fourth-order valence-electron chi connectivity index (χ4n) is 3.64. The van der Waals surface area contributed by atoms with E-state index >= 15 is 0 Å². The Morgan fingerprint density at radius 3 is 2.26 bits per heavy atom. The monoisotopic (exact) mass is 594 g/mol. The maximum Gasteiger partial charge on any atom is 0.335 e. The van der Waals surface area contributed by atoms with Gasteiger partial charge in [-0.3, -0.25) is 4.72 Å². The van der Waals surface area contributed by atoms with Gasteiger partial charge in [0, 0.05) is 17.5 Å². The molecule has 0 amide bonds. The number of hydrogen-bond donors (Lipinski definition) is 2. The molecule has 3 aromatic carbocycles. The number of rotatable bonds is 9. The highest BCUT2D eigenvalue weighted by molar-refractivity contribution is 7.92. The third-order valence-electron chi connectivity index (χ3n) is 5.52. The molecule has 0 unspecified atom stereocenters. The topological polar surface area (TPSA) is 119 Å². The first-order chi connectivity index (χ1) is 18.0. The summed E-state index contributed by atoms with van der Waals surface area (Å²) in [6.07, 6.45) is 0. The molecule has 12 heteroatoms. The molecule has 0 saturated carbocycles. The van der Waals surface area contributed by atoms with E-state index < -0.39 is 16.0 Å². The minimum Gasteiger partial charge on any atom is -0.489 e. The van der Waals surface area contributed by atoms with Gasteiger partial charge < -0.3 is 14.4 Å². The van der Waals surface area contributed by atoms with Crippen molar-refractivity contribution in [3.63, 3.8) is 0 Å². The smallest absolute Gasteiger partial charge is 0.335 e. The van der Waals surface area contributed by atoms with Crippen LogP contribution in [0.5, 0.6) is 5.75 Å². The molecule has 0 atom stereocenters. The SMILES string of the molecule is CC(C)c1onc(-c2c(Cl)cccc2Cl)c1COc1ccc(NS(=O)(=O)c2ccc(C(=O)O)cc2)c(Cl)c1. The largest absolute Gasteiger partial charge is 0.489 e. The molecule has 1 heterocycles. The number of aromatic carboxylic acids is 1. The zero-order valence-corrected chi connectivity index (χ0v) is 23.1. The molecular formula is C26H21Cl3N2O6S. The van der Waals surface area contributed by atoms with Crippen LogP contribution in [0.4, 0.5) is 5.69 Å². The Bertz CT molecular complexity index is 1580. The fraction of sp³-hybridized carbons (Fsp3) is 0.154. The Morgan fingerprint density at radius 2 is 1.68 bits per heavy atom. The Balaban J connectivity index is 1.55. The third kappa shape index (κ3) is 5.91. The van der Waals surface area contributed by atoms with Gasteiger partial charge in [-0.25, -0.2) is 13.2 Å². The van der Waals surface area contributed by atoms with Gasteiger partial charge in [0.25, 0.3) is 10.0 Å². The fourth-order valence-corrected chi connectivity index (χ4v) is 5.57. The van der Waals surface area contributed by atoms with Gasteiger partial charge in [-0.05, 0) is 48.5 Å². The van der Waals surface area contributed by atoms with Crippen LogP contribution in [0.25, 0.3) is 11.3 Å². The predicted octanol–water partition coefficient (Wildman–Crippen LogP) is 7.50. The second-order valence-electron chi connectivity index (χ2n) is 8.49. The van der Waals surface area contributed by atoms with Gasteiger partial charge in [0.15, 0.2) is 0 Å². The summed E-state index contributed by atoms with van der Waals surface area (Å²) in [6, 6.07) is 14.4. The predicted molar refractivity (Wildman–Crippen MR) is 146 cm³/mol. The summed E-state index contributed by atoms with van der Waals surface area (Å²) in [5.41, 5.74) is 1.76. The molecule has 4 rings (SSSR count). The summed E-state index contributed by atoms with van der Waals surface area (Å²) in [4.78, 5) is 10.9. The van der Waals surface area contributed by atoms with Gasteiger partial charge >= 0.3 is 5.97 Å². The van der Waals surface area contributed by atoms with Crippen LogP contribution in [0.3, 0.4) is 0 Å². The normalized spacial score (nSPS) is 11.5. The summed E-state index contributed by atoms with van der Waals surface area (Å²) in [6.45, 7) is 3.97. The van der Waals surface area contributed by atoms with E-state index in [1.165, 1.54) is 36.4 Å². The lowest BCUT2D eigenvalue weighted by atomic mass is 10.0. The number of benzene rings is 3. The molecule has 1 aromatic heterocycles. The lowest BCUT2D eigenvalue weighted by Gasteiger charge is -2.13. The maximum atomic E-state index is 12.7. The van der Waals surface area contributed by atoms with Crippen molar-refractivity contribution in [1.82, 2.24) is 5.16 Å². The number of carboxylic acid groups (broad SMARTS) is 1. The van der Waals surface area contributed by atoms with Crippen molar-refractivity contribution in [2.24, 2.45) is 0 Å². The van der Waals surface area contributed by atoms with Crippen LogP contribution in [-0.4, -0.2) is 24.7 Å². The number of sulfonamides is 1. The molecule has 198 valence electrons. The summed E-state index contributed by atoms with van der Waals surface area (Å²) >= 11 is 19.1. The van der Waals surface area contributed by atoms with Crippen LogP contribution >= 0.6 is 34.8 Å². The van der Waals surface area contributed by atoms with E-state index in [-0.39, 0.29) is 33.7 Å². The quantitative estimate of drug-likeness (QED) is 0.206. The first-order valence-electron chi connectivity index (χ1n) is 11.2. The minimum atomic E-state index is -4.01. The van der Waals surface area contributed by atoms with E-state index in [0.29, 0.717) is 38.4 Å². The van der Waals surface area contributed by atoms with E-state index in [9.17, 15) is 13.2 Å². The average Bonchev–Trinajstić information content (AvgIpc) is 3.28. The lowest BCUT2D eigenvalue weighted by Crippen LogP contribution is -2.13. The van der Waals surface area contributed by atoms with Crippen molar-refractivity contribution in [2.75, 3.05) is 4.72 Å². The molecule has 0 fully saturated rings. The number of nitrogens with one attached hydrogen (secondary N) is 1. The first kappa shape index (κ1) is 27.8. The number of aromatic nitrogens is 1. The second kappa shape index (κ2) is 11.2. The summed E-state index contributed by atoms with van der Waals surface area (Å²) < 4.78 is 39.4. The summed E-state index contributed by atoms with van der Waals surface area (Å²) in [5.74, 6) is -0.174. The van der Waals surface area contributed by atoms with Gasteiger partial charge in [-0.1, -0.05) is 59.9 Å². The second-order valence-corrected chi connectivity index (χ2v) is 11.4. The highest BCUT2D eigenvalue weighted by Crippen LogP contribution is 2.39. The summed E-state index contributed by atoms with van der Waals surface area (Å²) in [7, 11) is -4.01. The van der Waals surface area contributed by atoms with Crippen LogP contribution in [-0.2, 0) is 16.6 Å². The molecule has 0 aliphatic rings. The van der Waals surface area contributed by atoms with Crippen LogP contribution in [0.1, 0.15) is 41.4 Å². The van der Waals surface area contributed by atoms with Crippen LogP contribution in [0.2, 0.25) is 15.1 Å². The van der Waals surface area contributed by atoms with Gasteiger partial charge in [0.2, 0.25) is 0 Å². The average molecular weight is 596 g/mol. The molecule has 0 bridgehead atoms. The number of hydrogen-bond acceptors (Lipinski definition) is 6. The van der Waals surface area contributed by atoms with E-state index in [2.05, 4.69) is 9.88 Å². The minimum absolute atomic E-state index is 0.000971. The Kier molecular flexibility index (Phi) is 8.22. The molecule has 0 spiro atoms. The van der Waals surface area contributed by atoms with E-state index in [4.69, 9.17) is 49.2 Å². The van der Waals surface area contributed by atoms with Crippen LogP contribution in [0.15, 0.2) is 70.1 Å². The van der Waals surface area contributed by atoms with Crippen molar-refractivity contribution in [2.45, 2.75) is 31.3 Å². The zero-order valence-electron chi connectivity index (χ0n) is 20.0. The standard InChI is InChI=1S/C26H21Cl3N2O6S/c1-14(2)25-18(24(30-37-25)23-19(27)4-3-5-20(23)28)13-36-16-8-11-22(21(29)12-16)31-38(34,35)17-9-6-15(7-10-17)26(32)33/h3-12,14,31H,13H2,1-2H3,(H,32,33). The molecule has 38 heavy (non-hydrogen) atoms. The number of carbonyl (C=O) groups is 1. The van der Waals surface area contributed by atoms with E-state index in [1.54, 1.807) is 24.3 Å². The number of nitrogens with zero attached hydrogens (tertiary/aromatic N) is 1. The van der Waals surface area contributed by atoms with Crippen molar-refractivity contribution < 1.29 is 27.6 Å². The highest BCUT2D eigenvalue weighted by Gasteiger charge is 2.24. The molecule has 2 N–H and O–H groups in total. The van der Waals surface area contributed by atoms with Crippen molar-refractivity contribution >= 4 is 56.5 Å². The van der Waals surface area contributed by atoms with Gasteiger partial charge in [-0.15, -0.1) is 0 Å². The molecule has 4 aromatic rings. The van der Waals surface area contributed by atoms with Crippen molar-refractivity contribution in [1.29, 1.82) is 0 Å². The number of anilines is 1. The van der Waals surface area contributed by atoms with Crippen LogP contribution < -0.4 is 9.46 Å². The first-order valence-corrected chi connectivity index (χ1v) is 13.8. The zero-order chi connectivity index (χ0) is 27.6. The molecule has 0 saturated heterocycles. The third-order valence-corrected chi connectivity index (χ3v) is 7.85. The molecule has 0 aliphatic heterocycles. The number of ether oxygens (including phenoxy) is 1.